The van der Waals surface area contributed by atoms with Crippen LogP contribution in [0.25, 0.3) is 0 Å². The molecule has 0 aliphatic heterocycles. The molecule has 0 saturated heterocycles. The topological polar surface area (TPSA) is 31.2 Å². The van der Waals surface area contributed by atoms with Crippen LogP contribution < -0.4 is 9.80 Å². The molecule has 0 aliphatic carbocycles. The molecule has 0 heterocycles. The zero-order chi connectivity index (χ0) is 24.4. The zero-order valence-corrected chi connectivity index (χ0v) is 22.0. The van der Waals surface area contributed by atoms with Gasteiger partial charge in [0.15, 0.2) is 0 Å². The highest BCUT2D eigenvalue weighted by atomic mass is 15.1. The number of hydrogen-bond acceptors (Lipinski definition) is 4. The summed E-state index contributed by atoms with van der Waals surface area (Å²) in [7, 11) is 0. The second-order valence-electron chi connectivity index (χ2n) is 8.72. The first-order chi connectivity index (χ1) is 16.7. The van der Waals surface area contributed by atoms with E-state index in [1.54, 1.807) is 0 Å². The van der Waals surface area contributed by atoms with Crippen molar-refractivity contribution in [2.45, 2.75) is 66.2 Å². The summed E-state index contributed by atoms with van der Waals surface area (Å²) in [5, 5.41) is 0. The van der Waals surface area contributed by atoms with Crippen LogP contribution in [0, 0.1) is 0 Å². The van der Waals surface area contributed by atoms with Gasteiger partial charge in [0.25, 0.3) is 0 Å². The van der Waals surface area contributed by atoms with Crippen LogP contribution in [-0.4, -0.2) is 51.7 Å². The molecule has 0 fully saturated rings. The summed E-state index contributed by atoms with van der Waals surface area (Å²) < 4.78 is 0. The molecule has 186 valence electrons. The lowest BCUT2D eigenvalue weighted by molar-refractivity contribution is 0.602. The van der Waals surface area contributed by atoms with E-state index in [2.05, 4.69) is 96.0 Å². The highest BCUT2D eigenvalue weighted by Crippen LogP contribution is 2.15. The van der Waals surface area contributed by atoms with E-state index < -0.39 is 0 Å². The van der Waals surface area contributed by atoms with Gasteiger partial charge in [-0.2, -0.15) is 0 Å². The van der Waals surface area contributed by atoms with E-state index in [1.165, 1.54) is 61.0 Å². The molecular weight excluding hydrogens is 416 g/mol. The van der Waals surface area contributed by atoms with Gasteiger partial charge in [0, 0.05) is 63.1 Å². The Morgan fingerprint density at radius 3 is 1.15 bits per heavy atom. The Kier molecular flexibility index (Phi) is 13.7. The normalized spacial score (nSPS) is 11.5. The van der Waals surface area contributed by atoms with Gasteiger partial charge in [0.05, 0.1) is 0 Å². The average Bonchev–Trinajstić information content (AvgIpc) is 2.88. The molecule has 4 heteroatoms. The molecule has 2 aromatic carbocycles. The Labute approximate surface area is 208 Å². The van der Waals surface area contributed by atoms with Gasteiger partial charge in [-0.3, -0.25) is 9.98 Å². The summed E-state index contributed by atoms with van der Waals surface area (Å²) in [6.45, 7) is 14.8. The number of rotatable bonds is 17. The van der Waals surface area contributed by atoms with Crippen LogP contribution >= 0.6 is 0 Å². The molecule has 2 rings (SSSR count). The Balaban J connectivity index is 1.50. The average molecular weight is 463 g/mol. The molecule has 0 aromatic heterocycles. The SMILES string of the molecule is CCN(CC)c1ccc(C=NCCCCCCCCN=Cc2ccc(N(CC)CC)cc2)cc1. The van der Waals surface area contributed by atoms with Gasteiger partial charge in [-0.05, 0) is 75.9 Å². The maximum absolute atomic E-state index is 4.61. The van der Waals surface area contributed by atoms with Crippen molar-refractivity contribution in [3.8, 4) is 0 Å². The van der Waals surface area contributed by atoms with Crippen LogP contribution in [-0.2, 0) is 0 Å². The van der Waals surface area contributed by atoms with Gasteiger partial charge >= 0.3 is 0 Å². The van der Waals surface area contributed by atoms with Crippen LogP contribution in [0.5, 0.6) is 0 Å². The third kappa shape index (κ3) is 10.1. The first-order valence-corrected chi connectivity index (χ1v) is 13.4. The van der Waals surface area contributed by atoms with Crippen LogP contribution in [0.4, 0.5) is 11.4 Å². The van der Waals surface area contributed by atoms with E-state index in [9.17, 15) is 0 Å². The second-order valence-corrected chi connectivity index (χ2v) is 8.72. The van der Waals surface area contributed by atoms with E-state index in [0.29, 0.717) is 0 Å². The highest BCUT2D eigenvalue weighted by molar-refractivity contribution is 5.80. The number of benzene rings is 2. The summed E-state index contributed by atoms with van der Waals surface area (Å²) >= 11 is 0. The van der Waals surface area contributed by atoms with Crippen molar-refractivity contribution in [3.05, 3.63) is 59.7 Å². The molecular formula is C30H46N4. The third-order valence-electron chi connectivity index (χ3n) is 6.35. The standard InChI is InChI=1S/C30H46N4/c1-5-33(6-2)29-19-15-27(16-20-29)25-31-23-13-11-9-10-12-14-24-32-26-28-17-21-30(22-18-28)34(7-3)8-4/h15-22,25-26H,5-14,23-24H2,1-4H3. The molecule has 0 aliphatic rings. The van der Waals surface area contributed by atoms with Gasteiger partial charge in [0.1, 0.15) is 0 Å². The second kappa shape index (κ2) is 16.9. The van der Waals surface area contributed by atoms with Crippen LogP contribution in [0.1, 0.15) is 77.3 Å². The minimum absolute atomic E-state index is 0.926. The number of nitrogens with zero attached hydrogens (tertiary/aromatic N) is 4. The molecule has 4 nitrogen and oxygen atoms in total. The highest BCUT2D eigenvalue weighted by Gasteiger charge is 2.01. The molecule has 2 aromatic rings. The van der Waals surface area contributed by atoms with Crippen molar-refractivity contribution in [1.82, 2.24) is 0 Å². The predicted molar refractivity (Wildman–Crippen MR) is 153 cm³/mol. The molecule has 0 bridgehead atoms. The van der Waals surface area contributed by atoms with Crippen molar-refractivity contribution in [2.75, 3.05) is 49.1 Å². The fourth-order valence-electron chi connectivity index (χ4n) is 4.17. The molecule has 0 amide bonds. The zero-order valence-electron chi connectivity index (χ0n) is 22.0. The van der Waals surface area contributed by atoms with Crippen molar-refractivity contribution < 1.29 is 0 Å². The van der Waals surface area contributed by atoms with Crippen LogP contribution in [0.3, 0.4) is 0 Å². The lowest BCUT2D eigenvalue weighted by Gasteiger charge is -2.20. The molecule has 0 atom stereocenters. The Hall–Kier alpha value is -2.62. The smallest absolute Gasteiger partial charge is 0.0389 e. The van der Waals surface area contributed by atoms with Gasteiger partial charge in [-0.15, -0.1) is 0 Å². The minimum Gasteiger partial charge on any atom is -0.372 e. The first kappa shape index (κ1) is 27.6. The molecule has 0 spiro atoms. The van der Waals surface area contributed by atoms with E-state index in [-0.39, 0.29) is 0 Å². The fourth-order valence-corrected chi connectivity index (χ4v) is 4.17. The molecule has 34 heavy (non-hydrogen) atoms. The van der Waals surface area contributed by atoms with Crippen LogP contribution in [0.15, 0.2) is 58.5 Å². The van der Waals surface area contributed by atoms with Gasteiger partial charge in [-0.1, -0.05) is 49.9 Å². The number of anilines is 2. The number of unbranched alkanes of at least 4 members (excludes halogenated alkanes) is 5. The summed E-state index contributed by atoms with van der Waals surface area (Å²) in [6.07, 6.45) is 11.5. The number of aliphatic imine (C=N–C) groups is 2. The largest absolute Gasteiger partial charge is 0.372 e. The van der Waals surface area contributed by atoms with E-state index >= 15 is 0 Å². The summed E-state index contributed by atoms with van der Waals surface area (Å²) in [6, 6.07) is 17.5. The summed E-state index contributed by atoms with van der Waals surface area (Å²) in [4.78, 5) is 13.9. The quantitative estimate of drug-likeness (QED) is 0.183. The van der Waals surface area contributed by atoms with Crippen molar-refractivity contribution >= 4 is 23.8 Å². The minimum atomic E-state index is 0.926. The van der Waals surface area contributed by atoms with E-state index in [4.69, 9.17) is 0 Å². The summed E-state index contributed by atoms with van der Waals surface area (Å²) in [5.74, 6) is 0. The first-order valence-electron chi connectivity index (χ1n) is 13.4. The van der Waals surface area contributed by atoms with E-state index in [0.717, 1.165) is 39.3 Å². The van der Waals surface area contributed by atoms with E-state index in [1.807, 2.05) is 12.4 Å². The Morgan fingerprint density at radius 1 is 0.500 bits per heavy atom. The Morgan fingerprint density at radius 2 is 0.824 bits per heavy atom. The maximum atomic E-state index is 4.61. The molecule has 0 radical (unpaired) electrons. The van der Waals surface area contributed by atoms with Crippen LogP contribution in [0.2, 0.25) is 0 Å². The summed E-state index contributed by atoms with van der Waals surface area (Å²) in [5.41, 5.74) is 4.96. The predicted octanol–water partition coefficient (Wildman–Crippen LogP) is 7.26. The molecule has 0 N–H and O–H groups in total. The third-order valence-corrected chi connectivity index (χ3v) is 6.35. The van der Waals surface area contributed by atoms with Gasteiger partial charge in [-0.25, -0.2) is 0 Å². The lowest BCUT2D eigenvalue weighted by atomic mass is 10.1. The molecule has 0 saturated carbocycles. The monoisotopic (exact) mass is 462 g/mol. The Bertz CT molecular complexity index is 744. The van der Waals surface area contributed by atoms with Gasteiger partial charge in [0.2, 0.25) is 0 Å². The van der Waals surface area contributed by atoms with Crippen molar-refractivity contribution in [2.24, 2.45) is 9.98 Å². The maximum Gasteiger partial charge on any atom is 0.0389 e. The lowest BCUT2D eigenvalue weighted by Crippen LogP contribution is -2.21. The number of hydrogen-bond donors (Lipinski definition) is 0. The fraction of sp³-hybridized carbons (Fsp3) is 0.533. The van der Waals surface area contributed by atoms with Gasteiger partial charge < -0.3 is 9.80 Å². The van der Waals surface area contributed by atoms with Crippen molar-refractivity contribution in [3.63, 3.8) is 0 Å². The molecule has 0 unspecified atom stereocenters. The van der Waals surface area contributed by atoms with Crippen molar-refractivity contribution in [1.29, 1.82) is 0 Å².